The third-order valence-electron chi connectivity index (χ3n) is 4.36. The zero-order chi connectivity index (χ0) is 15.0. The highest BCUT2D eigenvalue weighted by molar-refractivity contribution is 6.08. The first-order valence-corrected chi connectivity index (χ1v) is 7.22. The standard InChI is InChI=1S/C16H20N4O/c1-10(11-7-8-11)20(2)15-9-13(16(17)19-21)12-5-3-4-6-14(12)18-15/h3-6,9-11,21H,7-8H2,1-2H3,(H2,17,19). The van der Waals surface area contributed by atoms with Gasteiger partial charge in [0.25, 0.3) is 0 Å². The number of amidine groups is 1. The van der Waals surface area contributed by atoms with Crippen LogP contribution in [0.2, 0.25) is 0 Å². The van der Waals surface area contributed by atoms with E-state index in [0.717, 1.165) is 22.6 Å². The van der Waals surface area contributed by atoms with Crippen LogP contribution in [0.3, 0.4) is 0 Å². The number of hydrogen-bond donors (Lipinski definition) is 2. The van der Waals surface area contributed by atoms with Crippen molar-refractivity contribution in [1.82, 2.24) is 4.98 Å². The molecule has 2 aromatic rings. The summed E-state index contributed by atoms with van der Waals surface area (Å²) >= 11 is 0. The maximum Gasteiger partial charge on any atom is 0.170 e. The van der Waals surface area contributed by atoms with E-state index in [1.54, 1.807) is 0 Å². The van der Waals surface area contributed by atoms with Gasteiger partial charge < -0.3 is 15.8 Å². The molecule has 1 atom stereocenters. The summed E-state index contributed by atoms with van der Waals surface area (Å²) in [6, 6.07) is 10.1. The van der Waals surface area contributed by atoms with Gasteiger partial charge in [0.05, 0.1) is 5.52 Å². The average Bonchev–Trinajstić information content (AvgIpc) is 3.36. The number of pyridine rings is 1. The van der Waals surface area contributed by atoms with Gasteiger partial charge in [-0.15, -0.1) is 0 Å². The topological polar surface area (TPSA) is 74.7 Å². The molecule has 1 aromatic heterocycles. The molecule has 5 heteroatoms. The van der Waals surface area contributed by atoms with Crippen LogP contribution in [0, 0.1) is 5.92 Å². The van der Waals surface area contributed by atoms with Crippen molar-refractivity contribution in [3.63, 3.8) is 0 Å². The highest BCUT2D eigenvalue weighted by Crippen LogP contribution is 2.36. The number of fused-ring (bicyclic) bond motifs is 1. The summed E-state index contributed by atoms with van der Waals surface area (Å²) in [6.07, 6.45) is 2.57. The first kappa shape index (κ1) is 13.7. The number of oxime groups is 1. The first-order chi connectivity index (χ1) is 10.1. The third kappa shape index (κ3) is 2.51. The fraction of sp³-hybridized carbons (Fsp3) is 0.375. The van der Waals surface area contributed by atoms with Gasteiger partial charge in [0, 0.05) is 24.0 Å². The lowest BCUT2D eigenvalue weighted by atomic mass is 10.1. The lowest BCUT2D eigenvalue weighted by Gasteiger charge is -2.26. The van der Waals surface area contributed by atoms with Crippen LogP contribution in [0.5, 0.6) is 0 Å². The Morgan fingerprint density at radius 2 is 2.14 bits per heavy atom. The van der Waals surface area contributed by atoms with Crippen LogP contribution in [0.1, 0.15) is 25.3 Å². The number of para-hydroxylation sites is 1. The van der Waals surface area contributed by atoms with E-state index >= 15 is 0 Å². The minimum absolute atomic E-state index is 0.113. The number of nitrogens with zero attached hydrogens (tertiary/aromatic N) is 3. The van der Waals surface area contributed by atoms with Crippen molar-refractivity contribution < 1.29 is 5.21 Å². The van der Waals surface area contributed by atoms with E-state index in [1.165, 1.54) is 12.8 Å². The predicted molar refractivity (Wildman–Crippen MR) is 84.8 cm³/mol. The quantitative estimate of drug-likeness (QED) is 0.391. The van der Waals surface area contributed by atoms with E-state index < -0.39 is 0 Å². The smallest absolute Gasteiger partial charge is 0.170 e. The molecule has 0 aliphatic heterocycles. The van der Waals surface area contributed by atoms with E-state index in [9.17, 15) is 0 Å². The fourth-order valence-corrected chi connectivity index (χ4v) is 2.71. The maximum absolute atomic E-state index is 9.01. The van der Waals surface area contributed by atoms with Crippen molar-refractivity contribution in [3.05, 3.63) is 35.9 Å². The normalized spacial score (nSPS) is 17.0. The monoisotopic (exact) mass is 284 g/mol. The van der Waals surface area contributed by atoms with Crippen molar-refractivity contribution in [2.75, 3.05) is 11.9 Å². The second-order valence-corrected chi connectivity index (χ2v) is 5.72. The Morgan fingerprint density at radius 1 is 1.43 bits per heavy atom. The molecule has 0 bridgehead atoms. The Balaban J connectivity index is 2.11. The lowest BCUT2D eigenvalue weighted by molar-refractivity contribution is 0.318. The van der Waals surface area contributed by atoms with Gasteiger partial charge in [-0.2, -0.15) is 0 Å². The molecule has 1 heterocycles. The van der Waals surface area contributed by atoms with Gasteiger partial charge in [0.1, 0.15) is 5.82 Å². The second-order valence-electron chi connectivity index (χ2n) is 5.72. The molecule has 5 nitrogen and oxygen atoms in total. The lowest BCUT2D eigenvalue weighted by Crippen LogP contribution is -2.31. The molecule has 3 N–H and O–H groups in total. The molecular formula is C16H20N4O. The minimum atomic E-state index is 0.113. The van der Waals surface area contributed by atoms with Crippen LogP contribution >= 0.6 is 0 Å². The van der Waals surface area contributed by atoms with Gasteiger partial charge >= 0.3 is 0 Å². The Morgan fingerprint density at radius 3 is 2.81 bits per heavy atom. The SMILES string of the molecule is CC(C1CC1)N(C)c1cc(C(N)=NO)c2ccccc2n1. The van der Waals surface area contributed by atoms with E-state index in [4.69, 9.17) is 15.9 Å². The van der Waals surface area contributed by atoms with E-state index in [-0.39, 0.29) is 5.84 Å². The number of aromatic nitrogens is 1. The van der Waals surface area contributed by atoms with Gasteiger partial charge in [0.2, 0.25) is 0 Å². The summed E-state index contributed by atoms with van der Waals surface area (Å²) in [7, 11) is 2.05. The van der Waals surface area contributed by atoms with Crippen LogP contribution in [0.25, 0.3) is 10.9 Å². The zero-order valence-electron chi connectivity index (χ0n) is 12.3. The molecule has 0 spiro atoms. The molecule has 1 saturated carbocycles. The number of nitrogens with two attached hydrogens (primary N) is 1. The van der Waals surface area contributed by atoms with Gasteiger partial charge in [-0.1, -0.05) is 23.4 Å². The zero-order valence-corrected chi connectivity index (χ0v) is 12.3. The largest absolute Gasteiger partial charge is 0.409 e. The molecule has 1 aliphatic rings. The summed E-state index contributed by atoms with van der Waals surface area (Å²) in [6.45, 7) is 2.22. The van der Waals surface area contributed by atoms with Crippen molar-refractivity contribution in [2.24, 2.45) is 16.8 Å². The highest BCUT2D eigenvalue weighted by Gasteiger charge is 2.31. The molecule has 1 fully saturated rings. The van der Waals surface area contributed by atoms with E-state index in [0.29, 0.717) is 11.6 Å². The maximum atomic E-state index is 9.01. The van der Waals surface area contributed by atoms with Crippen molar-refractivity contribution in [2.45, 2.75) is 25.8 Å². The van der Waals surface area contributed by atoms with E-state index in [1.807, 2.05) is 30.3 Å². The molecule has 21 heavy (non-hydrogen) atoms. The number of benzene rings is 1. The van der Waals surface area contributed by atoms with Crippen LogP contribution in [-0.4, -0.2) is 29.1 Å². The summed E-state index contributed by atoms with van der Waals surface area (Å²) < 4.78 is 0. The molecule has 0 amide bonds. The van der Waals surface area contributed by atoms with Crippen LogP contribution in [0.4, 0.5) is 5.82 Å². The van der Waals surface area contributed by atoms with Crippen molar-refractivity contribution >= 4 is 22.6 Å². The molecule has 3 rings (SSSR count). The Bertz CT molecular complexity index is 694. The molecule has 1 aliphatic carbocycles. The molecule has 0 saturated heterocycles. The van der Waals surface area contributed by atoms with Gasteiger partial charge in [-0.3, -0.25) is 0 Å². The number of hydrogen-bond acceptors (Lipinski definition) is 4. The van der Waals surface area contributed by atoms with Gasteiger partial charge in [0.15, 0.2) is 5.84 Å². The Hall–Kier alpha value is -2.30. The van der Waals surface area contributed by atoms with Crippen LogP contribution < -0.4 is 10.6 Å². The van der Waals surface area contributed by atoms with Crippen LogP contribution in [0.15, 0.2) is 35.5 Å². The Labute approximate surface area is 124 Å². The molecule has 110 valence electrons. The van der Waals surface area contributed by atoms with E-state index in [2.05, 4.69) is 24.0 Å². The van der Waals surface area contributed by atoms with Crippen LogP contribution in [-0.2, 0) is 0 Å². The van der Waals surface area contributed by atoms with Gasteiger partial charge in [-0.05, 0) is 37.8 Å². The number of rotatable bonds is 4. The summed E-state index contributed by atoms with van der Waals surface area (Å²) in [4.78, 5) is 6.90. The Kier molecular flexibility index (Phi) is 3.41. The first-order valence-electron chi connectivity index (χ1n) is 7.22. The fourth-order valence-electron chi connectivity index (χ4n) is 2.71. The minimum Gasteiger partial charge on any atom is -0.409 e. The molecular weight excluding hydrogens is 264 g/mol. The molecule has 1 unspecified atom stereocenters. The summed E-state index contributed by atoms with van der Waals surface area (Å²) in [5.74, 6) is 1.72. The number of anilines is 1. The molecule has 1 aromatic carbocycles. The van der Waals surface area contributed by atoms with Crippen molar-refractivity contribution in [3.8, 4) is 0 Å². The average molecular weight is 284 g/mol. The second kappa shape index (κ2) is 5.24. The molecule has 0 radical (unpaired) electrons. The summed E-state index contributed by atoms with van der Waals surface area (Å²) in [5.41, 5.74) is 7.40. The highest BCUT2D eigenvalue weighted by atomic mass is 16.4. The summed E-state index contributed by atoms with van der Waals surface area (Å²) in [5, 5.41) is 13.1. The van der Waals surface area contributed by atoms with Crippen molar-refractivity contribution in [1.29, 1.82) is 0 Å². The van der Waals surface area contributed by atoms with Gasteiger partial charge in [-0.25, -0.2) is 4.98 Å². The predicted octanol–water partition coefficient (Wildman–Crippen LogP) is 2.56. The third-order valence-corrected chi connectivity index (χ3v) is 4.36.